The molecule has 2 atom stereocenters. The molecule has 0 radical (unpaired) electrons. The summed E-state index contributed by atoms with van der Waals surface area (Å²) in [6.45, 7) is 3.73. The topological polar surface area (TPSA) is 70.5 Å². The van der Waals surface area contributed by atoms with Gasteiger partial charge < -0.3 is 10.0 Å². The smallest absolute Gasteiger partial charge is 0.327 e. The zero-order valence-corrected chi connectivity index (χ0v) is 12.2. The first-order valence-electron chi connectivity index (χ1n) is 5.76. The van der Waals surface area contributed by atoms with Crippen LogP contribution in [0.1, 0.15) is 17.6 Å². The molecule has 2 heterocycles. The lowest BCUT2D eigenvalue weighted by atomic mass is 10.2. The molecule has 0 saturated carbocycles. The summed E-state index contributed by atoms with van der Waals surface area (Å²) in [5.74, 6) is -0.801. The molecule has 0 aliphatic carbocycles. The van der Waals surface area contributed by atoms with Gasteiger partial charge in [0.05, 0.1) is 16.1 Å². The quantitative estimate of drug-likeness (QED) is 0.862. The normalized spacial score (nSPS) is 23.2. The number of aryl methyl sites for hydroxylation is 1. The maximum absolute atomic E-state index is 12.1. The summed E-state index contributed by atoms with van der Waals surface area (Å²) in [6.07, 6.45) is 3.02. The molecular formula is C12H14N2O3S2. The second kappa shape index (κ2) is 5.75. The van der Waals surface area contributed by atoms with E-state index in [1.54, 1.807) is 6.08 Å². The van der Waals surface area contributed by atoms with Crippen LogP contribution in [0.4, 0.5) is 0 Å². The number of carboxylic acid groups (broad SMARTS) is 1. The summed E-state index contributed by atoms with van der Waals surface area (Å²) in [6, 6.07) is -0.741. The summed E-state index contributed by atoms with van der Waals surface area (Å²) in [7, 11) is 0. The zero-order valence-electron chi connectivity index (χ0n) is 10.6. The summed E-state index contributed by atoms with van der Waals surface area (Å²) < 4.78 is 0. The molecule has 1 fully saturated rings. The first kappa shape index (κ1) is 14.1. The number of carboxylic acids is 1. The molecule has 0 spiro atoms. The third kappa shape index (κ3) is 3.16. The largest absolute Gasteiger partial charge is 0.480 e. The standard InChI is InChI=1S/C12H14N2O3S2/c1-7-13-9(5-18-7)3-4-11(15)14-8(2)19-6-10(14)12(16)17/h3-5,8,10H,6H2,1-2H3,(H,16,17). The number of carbonyl (C=O) groups excluding carboxylic acids is 1. The third-order valence-electron chi connectivity index (χ3n) is 2.80. The third-order valence-corrected chi connectivity index (χ3v) is 4.81. The number of amides is 1. The van der Waals surface area contributed by atoms with Gasteiger partial charge in [0, 0.05) is 17.2 Å². The number of aromatic nitrogens is 1. The number of aliphatic carboxylic acids is 1. The van der Waals surface area contributed by atoms with Crippen molar-refractivity contribution in [2.75, 3.05) is 5.75 Å². The summed E-state index contributed by atoms with van der Waals surface area (Å²) >= 11 is 2.98. The molecule has 1 aromatic rings. The van der Waals surface area contributed by atoms with Gasteiger partial charge in [-0.15, -0.1) is 23.1 Å². The SMILES string of the molecule is Cc1nc(C=CC(=O)N2C(C)SCC2C(=O)O)cs1. The summed E-state index contributed by atoms with van der Waals surface area (Å²) in [5, 5.41) is 11.8. The van der Waals surface area contributed by atoms with Crippen molar-refractivity contribution in [1.29, 1.82) is 0 Å². The molecule has 1 aliphatic rings. The van der Waals surface area contributed by atoms with Crippen molar-refractivity contribution in [3.05, 3.63) is 22.2 Å². The molecule has 7 heteroatoms. The van der Waals surface area contributed by atoms with Crippen LogP contribution in [-0.2, 0) is 9.59 Å². The van der Waals surface area contributed by atoms with Crippen LogP contribution in [0.5, 0.6) is 0 Å². The molecule has 1 saturated heterocycles. The van der Waals surface area contributed by atoms with Crippen molar-refractivity contribution in [2.45, 2.75) is 25.3 Å². The van der Waals surface area contributed by atoms with E-state index >= 15 is 0 Å². The number of thioether (sulfide) groups is 1. The van der Waals surface area contributed by atoms with Gasteiger partial charge in [-0.25, -0.2) is 9.78 Å². The zero-order chi connectivity index (χ0) is 14.0. The fraction of sp³-hybridized carbons (Fsp3) is 0.417. The lowest BCUT2D eigenvalue weighted by Crippen LogP contribution is -2.43. The molecule has 2 rings (SSSR count). The Morgan fingerprint density at radius 3 is 2.89 bits per heavy atom. The average molecular weight is 298 g/mol. The lowest BCUT2D eigenvalue weighted by molar-refractivity contribution is -0.147. The molecule has 102 valence electrons. The summed E-state index contributed by atoms with van der Waals surface area (Å²) in [5.41, 5.74) is 0.724. The number of hydrogen-bond donors (Lipinski definition) is 1. The van der Waals surface area contributed by atoms with Gasteiger partial charge in [-0.2, -0.15) is 0 Å². The van der Waals surface area contributed by atoms with Crippen molar-refractivity contribution >= 4 is 41.1 Å². The Labute approximate surface area is 119 Å². The van der Waals surface area contributed by atoms with Crippen molar-refractivity contribution in [2.24, 2.45) is 0 Å². The monoisotopic (exact) mass is 298 g/mol. The average Bonchev–Trinajstić information content (AvgIpc) is 2.92. The number of nitrogens with zero attached hydrogens (tertiary/aromatic N) is 2. The van der Waals surface area contributed by atoms with Crippen LogP contribution in [-0.4, -0.2) is 44.0 Å². The Balaban J connectivity index is 2.10. The Bertz CT molecular complexity index is 527. The molecule has 1 amide bonds. The molecule has 2 unspecified atom stereocenters. The van der Waals surface area contributed by atoms with Crippen LogP contribution in [0.15, 0.2) is 11.5 Å². The van der Waals surface area contributed by atoms with Crippen LogP contribution in [0.25, 0.3) is 6.08 Å². The van der Waals surface area contributed by atoms with E-state index in [1.807, 2.05) is 19.2 Å². The fourth-order valence-corrected chi connectivity index (χ4v) is 3.62. The van der Waals surface area contributed by atoms with Gasteiger partial charge in [-0.3, -0.25) is 4.79 Å². The van der Waals surface area contributed by atoms with Crippen LogP contribution in [0.3, 0.4) is 0 Å². The van der Waals surface area contributed by atoms with Crippen molar-refractivity contribution in [3.8, 4) is 0 Å². The minimum atomic E-state index is -0.955. The van der Waals surface area contributed by atoms with Crippen LogP contribution in [0.2, 0.25) is 0 Å². The van der Waals surface area contributed by atoms with Gasteiger partial charge in [-0.05, 0) is 19.9 Å². The van der Waals surface area contributed by atoms with Gasteiger partial charge in [0.1, 0.15) is 6.04 Å². The van der Waals surface area contributed by atoms with Gasteiger partial charge in [0.15, 0.2) is 0 Å². The first-order chi connectivity index (χ1) is 8.99. The lowest BCUT2D eigenvalue weighted by Gasteiger charge is -2.23. The molecule has 1 N–H and O–H groups in total. The van der Waals surface area contributed by atoms with E-state index in [0.29, 0.717) is 5.75 Å². The number of hydrogen-bond acceptors (Lipinski definition) is 5. The Morgan fingerprint density at radius 1 is 1.58 bits per heavy atom. The van der Waals surface area contributed by atoms with E-state index in [4.69, 9.17) is 5.11 Å². The fourth-order valence-electron chi connectivity index (χ4n) is 1.87. The number of rotatable bonds is 3. The predicted molar refractivity (Wildman–Crippen MR) is 76.1 cm³/mol. The number of carbonyl (C=O) groups is 2. The first-order valence-corrected chi connectivity index (χ1v) is 7.69. The second-order valence-electron chi connectivity index (χ2n) is 4.16. The van der Waals surface area contributed by atoms with Crippen molar-refractivity contribution in [1.82, 2.24) is 9.88 Å². The van der Waals surface area contributed by atoms with E-state index < -0.39 is 12.0 Å². The van der Waals surface area contributed by atoms with Crippen LogP contribution < -0.4 is 0 Å². The Hall–Kier alpha value is -1.34. The molecule has 1 aromatic heterocycles. The molecule has 0 aromatic carbocycles. The van der Waals surface area contributed by atoms with Gasteiger partial charge in [0.25, 0.3) is 0 Å². The second-order valence-corrected chi connectivity index (χ2v) is 6.57. The van der Waals surface area contributed by atoms with Crippen LogP contribution >= 0.6 is 23.1 Å². The van der Waals surface area contributed by atoms with E-state index in [1.165, 1.54) is 34.1 Å². The van der Waals surface area contributed by atoms with E-state index in [0.717, 1.165) is 10.7 Å². The highest BCUT2D eigenvalue weighted by atomic mass is 32.2. The Kier molecular flexibility index (Phi) is 4.26. The van der Waals surface area contributed by atoms with Crippen molar-refractivity contribution in [3.63, 3.8) is 0 Å². The van der Waals surface area contributed by atoms with Gasteiger partial charge in [0.2, 0.25) is 5.91 Å². The summed E-state index contributed by atoms with van der Waals surface area (Å²) in [4.78, 5) is 28.8. The molecule has 0 bridgehead atoms. The highest BCUT2D eigenvalue weighted by molar-refractivity contribution is 8.00. The molecule has 5 nitrogen and oxygen atoms in total. The Morgan fingerprint density at radius 2 is 2.32 bits per heavy atom. The highest BCUT2D eigenvalue weighted by Crippen LogP contribution is 2.29. The van der Waals surface area contributed by atoms with E-state index in [9.17, 15) is 9.59 Å². The minimum Gasteiger partial charge on any atom is -0.480 e. The number of thiazole rings is 1. The molecular weight excluding hydrogens is 284 g/mol. The van der Waals surface area contributed by atoms with E-state index in [2.05, 4.69) is 4.98 Å². The maximum Gasteiger partial charge on any atom is 0.327 e. The molecule has 19 heavy (non-hydrogen) atoms. The van der Waals surface area contributed by atoms with Crippen molar-refractivity contribution < 1.29 is 14.7 Å². The van der Waals surface area contributed by atoms with E-state index in [-0.39, 0.29) is 11.3 Å². The van der Waals surface area contributed by atoms with Gasteiger partial charge in [-0.1, -0.05) is 0 Å². The minimum absolute atomic E-state index is 0.115. The molecule has 1 aliphatic heterocycles. The predicted octanol–water partition coefficient (Wildman–Crippen LogP) is 1.84. The van der Waals surface area contributed by atoms with Gasteiger partial charge >= 0.3 is 5.97 Å². The maximum atomic E-state index is 12.1. The highest BCUT2D eigenvalue weighted by Gasteiger charge is 2.38. The van der Waals surface area contributed by atoms with Crippen LogP contribution in [0, 0.1) is 6.92 Å².